The molecule has 1 aromatic rings. The molecule has 0 saturated carbocycles. The number of piperidine rings is 1. The number of para-hydroxylation sites is 1. The average molecular weight is 345 g/mol. The van der Waals surface area contributed by atoms with Crippen molar-refractivity contribution in [2.24, 2.45) is 5.73 Å². The van der Waals surface area contributed by atoms with Gasteiger partial charge in [0.25, 0.3) is 0 Å². The number of nitrogens with two attached hydrogens (primary N) is 1. The molecule has 2 aliphatic rings. The Labute approximate surface area is 151 Å². The Balaban J connectivity index is 1.44. The van der Waals surface area contributed by atoms with Crippen LogP contribution in [-0.4, -0.2) is 67.1 Å². The topological polar surface area (TPSA) is 52.8 Å². The molecule has 2 heterocycles. The molecule has 0 radical (unpaired) electrons. The summed E-state index contributed by atoms with van der Waals surface area (Å²) in [7, 11) is 0. The zero-order valence-electron chi connectivity index (χ0n) is 15.4. The molecule has 2 saturated heterocycles. The van der Waals surface area contributed by atoms with E-state index in [-0.39, 0.29) is 18.0 Å². The minimum Gasteiger partial charge on any atom is -0.369 e. The van der Waals surface area contributed by atoms with E-state index in [1.807, 2.05) is 11.8 Å². The molecular weight excluding hydrogens is 312 g/mol. The molecule has 1 amide bonds. The molecule has 0 aromatic heterocycles. The summed E-state index contributed by atoms with van der Waals surface area (Å²) < 4.78 is 0. The molecule has 2 fully saturated rings. The van der Waals surface area contributed by atoms with Crippen molar-refractivity contribution in [3.05, 3.63) is 30.3 Å². The number of hydrogen-bond donors (Lipinski definition) is 1. The molecule has 2 unspecified atom stereocenters. The second-order valence-electron chi connectivity index (χ2n) is 7.42. The minimum absolute atomic E-state index is 0.0682. The van der Waals surface area contributed by atoms with E-state index in [0.29, 0.717) is 6.42 Å². The fraction of sp³-hybridized carbons (Fsp3) is 0.650. The highest BCUT2D eigenvalue weighted by Gasteiger charge is 2.29. The van der Waals surface area contributed by atoms with Crippen LogP contribution in [0.15, 0.2) is 30.3 Å². The van der Waals surface area contributed by atoms with E-state index in [1.54, 1.807) is 0 Å². The fourth-order valence-corrected chi connectivity index (χ4v) is 4.08. The molecule has 138 valence electrons. The van der Waals surface area contributed by atoms with Crippen LogP contribution in [0.3, 0.4) is 0 Å². The third-order valence-electron chi connectivity index (χ3n) is 5.61. The van der Waals surface area contributed by atoms with E-state index in [2.05, 4.69) is 40.1 Å². The molecule has 5 heteroatoms. The van der Waals surface area contributed by atoms with Gasteiger partial charge in [0, 0.05) is 63.5 Å². The zero-order valence-corrected chi connectivity index (χ0v) is 15.4. The molecule has 0 bridgehead atoms. The van der Waals surface area contributed by atoms with Crippen LogP contribution in [0.2, 0.25) is 0 Å². The second-order valence-corrected chi connectivity index (χ2v) is 7.42. The Kier molecular flexibility index (Phi) is 6.32. The van der Waals surface area contributed by atoms with Gasteiger partial charge in [0.2, 0.25) is 5.91 Å². The first-order valence-electron chi connectivity index (χ1n) is 9.72. The van der Waals surface area contributed by atoms with Gasteiger partial charge in [-0.1, -0.05) is 18.2 Å². The van der Waals surface area contributed by atoms with Gasteiger partial charge in [-0.3, -0.25) is 9.69 Å². The summed E-state index contributed by atoms with van der Waals surface area (Å²) in [6.45, 7) is 7.89. The summed E-state index contributed by atoms with van der Waals surface area (Å²) in [4.78, 5) is 19.6. The molecule has 2 N–H and O–H groups in total. The van der Waals surface area contributed by atoms with E-state index in [1.165, 1.54) is 12.1 Å². The summed E-state index contributed by atoms with van der Waals surface area (Å²) in [5, 5.41) is 0. The van der Waals surface area contributed by atoms with Crippen molar-refractivity contribution >= 4 is 11.6 Å². The summed E-state index contributed by atoms with van der Waals surface area (Å²) in [6, 6.07) is 10.9. The monoisotopic (exact) mass is 344 g/mol. The summed E-state index contributed by atoms with van der Waals surface area (Å²) >= 11 is 0. The number of anilines is 1. The van der Waals surface area contributed by atoms with Gasteiger partial charge in [-0.05, 0) is 38.3 Å². The third-order valence-corrected chi connectivity index (χ3v) is 5.61. The number of carbonyl (C=O) groups excluding carboxylic acids is 1. The van der Waals surface area contributed by atoms with Crippen LogP contribution in [0, 0.1) is 0 Å². The minimum atomic E-state index is 0.0682. The predicted molar refractivity (Wildman–Crippen MR) is 103 cm³/mol. The van der Waals surface area contributed by atoms with E-state index < -0.39 is 0 Å². The largest absolute Gasteiger partial charge is 0.369 e. The first kappa shape index (κ1) is 18.2. The van der Waals surface area contributed by atoms with E-state index in [4.69, 9.17) is 5.73 Å². The van der Waals surface area contributed by atoms with Gasteiger partial charge in [0.15, 0.2) is 0 Å². The van der Waals surface area contributed by atoms with Crippen molar-refractivity contribution in [1.82, 2.24) is 9.80 Å². The molecule has 0 spiro atoms. The molecular formula is C20H32N4O. The van der Waals surface area contributed by atoms with Crippen molar-refractivity contribution in [3.8, 4) is 0 Å². The normalized spacial score (nSPS) is 23.5. The van der Waals surface area contributed by atoms with E-state index in [9.17, 15) is 4.79 Å². The highest BCUT2D eigenvalue weighted by molar-refractivity contribution is 5.77. The molecule has 2 atom stereocenters. The third kappa shape index (κ3) is 4.73. The lowest BCUT2D eigenvalue weighted by molar-refractivity contribution is -0.135. The smallest absolute Gasteiger partial charge is 0.224 e. The maximum Gasteiger partial charge on any atom is 0.224 e. The fourth-order valence-electron chi connectivity index (χ4n) is 4.08. The lowest BCUT2D eigenvalue weighted by atomic mass is 9.96. The van der Waals surface area contributed by atoms with Crippen molar-refractivity contribution in [1.29, 1.82) is 0 Å². The van der Waals surface area contributed by atoms with Crippen molar-refractivity contribution < 1.29 is 4.79 Å². The Bertz CT molecular complexity index is 540. The standard InChI is InChI=1S/C20H32N4O/c1-17(21)19-9-5-6-11-24(19)20(25)10-12-22-13-15-23(16-14-22)18-7-3-2-4-8-18/h2-4,7-8,17,19H,5-6,9-16,21H2,1H3. The number of hydrogen-bond acceptors (Lipinski definition) is 4. The van der Waals surface area contributed by atoms with Gasteiger partial charge in [0.05, 0.1) is 0 Å². The van der Waals surface area contributed by atoms with Crippen LogP contribution in [0.1, 0.15) is 32.6 Å². The summed E-state index contributed by atoms with van der Waals surface area (Å²) in [5.74, 6) is 0.285. The predicted octanol–water partition coefficient (Wildman–Crippen LogP) is 1.93. The van der Waals surface area contributed by atoms with Gasteiger partial charge in [-0.25, -0.2) is 0 Å². The van der Waals surface area contributed by atoms with Crippen LogP contribution < -0.4 is 10.6 Å². The van der Waals surface area contributed by atoms with Crippen LogP contribution in [0.25, 0.3) is 0 Å². The average Bonchev–Trinajstić information content (AvgIpc) is 2.67. The number of benzene rings is 1. The molecule has 25 heavy (non-hydrogen) atoms. The number of piperazine rings is 1. The molecule has 5 nitrogen and oxygen atoms in total. The quantitative estimate of drug-likeness (QED) is 0.887. The van der Waals surface area contributed by atoms with Crippen LogP contribution in [0.5, 0.6) is 0 Å². The maximum absolute atomic E-state index is 12.7. The second kappa shape index (κ2) is 8.68. The molecule has 3 rings (SSSR count). The van der Waals surface area contributed by atoms with Crippen LogP contribution >= 0.6 is 0 Å². The first-order chi connectivity index (χ1) is 12.1. The number of nitrogens with zero attached hydrogens (tertiary/aromatic N) is 3. The van der Waals surface area contributed by atoms with Crippen molar-refractivity contribution in [2.75, 3.05) is 44.2 Å². The highest BCUT2D eigenvalue weighted by atomic mass is 16.2. The molecule has 1 aromatic carbocycles. The van der Waals surface area contributed by atoms with Gasteiger partial charge in [0.1, 0.15) is 0 Å². The Morgan fingerprint density at radius 2 is 1.84 bits per heavy atom. The highest BCUT2D eigenvalue weighted by Crippen LogP contribution is 2.20. The Morgan fingerprint density at radius 1 is 1.12 bits per heavy atom. The number of rotatable bonds is 5. The Hall–Kier alpha value is -1.59. The van der Waals surface area contributed by atoms with Gasteiger partial charge in [-0.15, -0.1) is 0 Å². The van der Waals surface area contributed by atoms with Crippen molar-refractivity contribution in [3.63, 3.8) is 0 Å². The van der Waals surface area contributed by atoms with Crippen LogP contribution in [0.4, 0.5) is 5.69 Å². The first-order valence-corrected chi connectivity index (χ1v) is 9.72. The van der Waals surface area contributed by atoms with Crippen LogP contribution in [-0.2, 0) is 4.79 Å². The number of carbonyl (C=O) groups is 1. The van der Waals surface area contributed by atoms with E-state index >= 15 is 0 Å². The number of amides is 1. The lowest BCUT2D eigenvalue weighted by Crippen LogP contribution is -2.52. The maximum atomic E-state index is 12.7. The van der Waals surface area contributed by atoms with Gasteiger partial charge < -0.3 is 15.5 Å². The molecule has 0 aliphatic carbocycles. The lowest BCUT2D eigenvalue weighted by Gasteiger charge is -2.39. The zero-order chi connectivity index (χ0) is 17.6. The van der Waals surface area contributed by atoms with E-state index in [0.717, 1.165) is 52.1 Å². The van der Waals surface area contributed by atoms with Gasteiger partial charge >= 0.3 is 0 Å². The number of likely N-dealkylation sites (tertiary alicyclic amines) is 1. The SMILES string of the molecule is CC(N)C1CCCCN1C(=O)CCN1CCN(c2ccccc2)CC1. The summed E-state index contributed by atoms with van der Waals surface area (Å²) in [5.41, 5.74) is 7.39. The molecule has 2 aliphatic heterocycles. The van der Waals surface area contributed by atoms with Crippen molar-refractivity contribution in [2.45, 2.75) is 44.7 Å². The Morgan fingerprint density at radius 3 is 2.52 bits per heavy atom. The summed E-state index contributed by atoms with van der Waals surface area (Å²) in [6.07, 6.45) is 3.98. The van der Waals surface area contributed by atoms with Gasteiger partial charge in [-0.2, -0.15) is 0 Å².